The van der Waals surface area contributed by atoms with Crippen molar-refractivity contribution in [3.8, 4) is 0 Å². The molecule has 0 saturated carbocycles. The lowest BCUT2D eigenvalue weighted by atomic mass is 10.1. The van der Waals surface area contributed by atoms with Crippen LogP contribution in [0.5, 0.6) is 0 Å². The van der Waals surface area contributed by atoms with Crippen molar-refractivity contribution in [1.29, 1.82) is 0 Å². The molecule has 18 heavy (non-hydrogen) atoms. The second-order valence-electron chi connectivity index (χ2n) is 4.86. The summed E-state index contributed by atoms with van der Waals surface area (Å²) in [4.78, 5) is 7.46. The average Bonchev–Trinajstić information content (AvgIpc) is 2.66. The lowest BCUT2D eigenvalue weighted by Crippen LogP contribution is -2.22. The minimum Gasteiger partial charge on any atom is -0.409 e. The predicted octanol–water partition coefficient (Wildman–Crippen LogP) is 0.971. The van der Waals surface area contributed by atoms with Crippen molar-refractivity contribution in [2.24, 2.45) is 10.9 Å². The molecule has 0 unspecified atom stereocenters. The molecule has 96 valence electrons. The van der Waals surface area contributed by atoms with Gasteiger partial charge >= 0.3 is 0 Å². The van der Waals surface area contributed by atoms with Crippen molar-refractivity contribution in [3.63, 3.8) is 0 Å². The first-order valence-corrected chi connectivity index (χ1v) is 5.58. The monoisotopic (exact) mass is 248 g/mol. The van der Waals surface area contributed by atoms with Gasteiger partial charge in [0.2, 0.25) is 0 Å². The fourth-order valence-corrected chi connectivity index (χ4v) is 1.84. The molecular formula is C12H16N4O2. The Balaban J connectivity index is 2.51. The van der Waals surface area contributed by atoms with Gasteiger partial charge in [0.15, 0.2) is 5.84 Å². The van der Waals surface area contributed by atoms with Crippen molar-refractivity contribution in [3.05, 3.63) is 29.6 Å². The molecule has 0 radical (unpaired) electrons. The van der Waals surface area contributed by atoms with E-state index >= 15 is 0 Å². The summed E-state index contributed by atoms with van der Waals surface area (Å²) in [5.74, 6) is 0.690. The quantitative estimate of drug-likeness (QED) is 0.281. The second-order valence-corrected chi connectivity index (χ2v) is 4.86. The summed E-state index contributed by atoms with van der Waals surface area (Å²) in [5, 5.41) is 21.5. The number of fused-ring (bicyclic) bond motifs is 1. The van der Waals surface area contributed by atoms with Crippen molar-refractivity contribution in [2.45, 2.75) is 25.9 Å². The molecule has 2 aromatic rings. The molecule has 0 aliphatic rings. The molecule has 6 nitrogen and oxygen atoms in total. The minimum absolute atomic E-state index is 0.0269. The lowest BCUT2D eigenvalue weighted by Gasteiger charge is -2.14. The zero-order valence-electron chi connectivity index (χ0n) is 10.3. The molecule has 0 fully saturated rings. The molecule has 0 bridgehead atoms. The Hall–Kier alpha value is -2.08. The van der Waals surface area contributed by atoms with Crippen LogP contribution in [0.15, 0.2) is 23.4 Å². The zero-order valence-corrected chi connectivity index (χ0v) is 10.3. The molecule has 1 heterocycles. The number of amidine groups is 1. The number of aromatic amines is 1. The average molecular weight is 248 g/mol. The van der Waals surface area contributed by atoms with Gasteiger partial charge in [0.25, 0.3) is 0 Å². The van der Waals surface area contributed by atoms with E-state index in [0.717, 1.165) is 5.52 Å². The summed E-state index contributed by atoms with van der Waals surface area (Å²) < 4.78 is 0. The summed E-state index contributed by atoms with van der Waals surface area (Å²) >= 11 is 0. The number of oxime groups is 1. The highest BCUT2D eigenvalue weighted by atomic mass is 16.4. The van der Waals surface area contributed by atoms with Crippen LogP contribution < -0.4 is 5.73 Å². The van der Waals surface area contributed by atoms with Crippen LogP contribution in [0, 0.1) is 0 Å². The molecule has 0 spiro atoms. The summed E-state index contributed by atoms with van der Waals surface area (Å²) in [6, 6.07) is 5.35. The number of aromatic nitrogens is 2. The number of nitrogens with zero attached hydrogens (tertiary/aromatic N) is 2. The van der Waals surface area contributed by atoms with E-state index in [1.165, 1.54) is 0 Å². The van der Waals surface area contributed by atoms with E-state index in [-0.39, 0.29) is 5.84 Å². The molecule has 5 N–H and O–H groups in total. The van der Waals surface area contributed by atoms with Gasteiger partial charge in [-0.05, 0) is 26.0 Å². The number of benzene rings is 1. The van der Waals surface area contributed by atoms with Crippen LogP contribution in [0.2, 0.25) is 0 Å². The van der Waals surface area contributed by atoms with Crippen LogP contribution in [-0.2, 0) is 6.42 Å². The van der Waals surface area contributed by atoms with Gasteiger partial charge in [-0.15, -0.1) is 0 Å². The number of nitrogens with one attached hydrogen (secondary N) is 1. The number of nitrogens with two attached hydrogens (primary N) is 1. The Bertz CT molecular complexity index is 596. The molecule has 0 aliphatic carbocycles. The number of rotatable bonds is 3. The zero-order chi connectivity index (χ0) is 13.3. The largest absolute Gasteiger partial charge is 0.409 e. The van der Waals surface area contributed by atoms with Gasteiger partial charge in [-0.2, -0.15) is 0 Å². The van der Waals surface area contributed by atoms with E-state index in [4.69, 9.17) is 10.9 Å². The SMILES string of the molecule is CC(C)(O)Cc1nc2cccc(C(N)=NO)c2[nH]1. The van der Waals surface area contributed by atoms with Crippen LogP contribution in [0.25, 0.3) is 11.0 Å². The molecule has 1 aromatic carbocycles. The number of imidazole rings is 1. The van der Waals surface area contributed by atoms with Gasteiger partial charge in [-0.1, -0.05) is 11.2 Å². The molecule has 2 rings (SSSR count). The molecule has 0 amide bonds. The summed E-state index contributed by atoms with van der Waals surface area (Å²) in [7, 11) is 0. The Kier molecular flexibility index (Phi) is 2.96. The van der Waals surface area contributed by atoms with Crippen molar-refractivity contribution < 1.29 is 10.3 Å². The van der Waals surface area contributed by atoms with Crippen LogP contribution >= 0.6 is 0 Å². The van der Waals surface area contributed by atoms with Gasteiger partial charge < -0.3 is 21.0 Å². The molecule has 6 heteroatoms. The van der Waals surface area contributed by atoms with E-state index < -0.39 is 5.60 Å². The van der Waals surface area contributed by atoms with E-state index in [2.05, 4.69) is 15.1 Å². The highest BCUT2D eigenvalue weighted by Crippen LogP contribution is 2.18. The maximum atomic E-state index is 9.77. The van der Waals surface area contributed by atoms with Gasteiger partial charge in [-0.3, -0.25) is 0 Å². The third-order valence-electron chi connectivity index (χ3n) is 2.55. The van der Waals surface area contributed by atoms with Crippen LogP contribution in [0.1, 0.15) is 25.2 Å². The number of hydrogen-bond donors (Lipinski definition) is 4. The van der Waals surface area contributed by atoms with Crippen LogP contribution in [0.3, 0.4) is 0 Å². The maximum Gasteiger partial charge on any atom is 0.172 e. The lowest BCUT2D eigenvalue weighted by molar-refractivity contribution is 0.0791. The number of para-hydroxylation sites is 1. The molecular weight excluding hydrogens is 232 g/mol. The van der Waals surface area contributed by atoms with Crippen LogP contribution in [-0.4, -0.2) is 31.7 Å². The van der Waals surface area contributed by atoms with Crippen molar-refractivity contribution in [1.82, 2.24) is 9.97 Å². The fourth-order valence-electron chi connectivity index (χ4n) is 1.84. The number of aliphatic hydroxyl groups is 1. The first-order valence-electron chi connectivity index (χ1n) is 5.58. The maximum absolute atomic E-state index is 9.77. The van der Waals surface area contributed by atoms with Gasteiger partial charge in [-0.25, -0.2) is 4.98 Å². The van der Waals surface area contributed by atoms with E-state index in [9.17, 15) is 5.11 Å². The third kappa shape index (κ3) is 2.43. The third-order valence-corrected chi connectivity index (χ3v) is 2.55. The molecule has 1 aromatic heterocycles. The smallest absolute Gasteiger partial charge is 0.172 e. The normalized spacial score (nSPS) is 13.2. The first kappa shape index (κ1) is 12.4. The van der Waals surface area contributed by atoms with Crippen molar-refractivity contribution in [2.75, 3.05) is 0 Å². The van der Waals surface area contributed by atoms with Gasteiger partial charge in [0.05, 0.1) is 16.6 Å². The Morgan fingerprint density at radius 1 is 1.50 bits per heavy atom. The fraction of sp³-hybridized carbons (Fsp3) is 0.333. The standard InChI is InChI=1S/C12H16N4O2/c1-12(2,17)6-9-14-8-5-3-4-7(10(8)15-9)11(13)16-18/h3-5,17-18H,6H2,1-2H3,(H2,13,16)(H,14,15). The second kappa shape index (κ2) is 4.30. The van der Waals surface area contributed by atoms with Gasteiger partial charge in [0.1, 0.15) is 5.82 Å². The Morgan fingerprint density at radius 2 is 2.22 bits per heavy atom. The first-order chi connectivity index (χ1) is 8.40. The molecule has 0 saturated heterocycles. The summed E-state index contributed by atoms with van der Waals surface area (Å²) in [5.41, 5.74) is 6.77. The van der Waals surface area contributed by atoms with E-state index in [0.29, 0.717) is 23.3 Å². The van der Waals surface area contributed by atoms with Gasteiger partial charge in [0, 0.05) is 12.0 Å². The topological polar surface area (TPSA) is 108 Å². The van der Waals surface area contributed by atoms with E-state index in [1.54, 1.807) is 26.0 Å². The highest BCUT2D eigenvalue weighted by Gasteiger charge is 2.17. The Morgan fingerprint density at radius 3 is 2.83 bits per heavy atom. The van der Waals surface area contributed by atoms with E-state index in [1.807, 2.05) is 6.07 Å². The number of H-pyrrole nitrogens is 1. The summed E-state index contributed by atoms with van der Waals surface area (Å²) in [6.07, 6.45) is 0.400. The molecule has 0 atom stereocenters. The highest BCUT2D eigenvalue weighted by molar-refractivity contribution is 6.06. The Labute approximate surface area is 104 Å². The van der Waals surface area contributed by atoms with Crippen molar-refractivity contribution >= 4 is 16.9 Å². The number of hydrogen-bond acceptors (Lipinski definition) is 4. The summed E-state index contributed by atoms with van der Waals surface area (Å²) in [6.45, 7) is 3.43. The molecule has 0 aliphatic heterocycles. The van der Waals surface area contributed by atoms with Crippen LogP contribution in [0.4, 0.5) is 0 Å². The minimum atomic E-state index is -0.843. The predicted molar refractivity (Wildman–Crippen MR) is 68.6 cm³/mol.